The highest BCUT2D eigenvalue weighted by Gasteiger charge is 1.99. The van der Waals surface area contributed by atoms with Crippen LogP contribution in [0, 0.1) is 0 Å². The van der Waals surface area contributed by atoms with Gasteiger partial charge in [0.2, 0.25) is 0 Å². The summed E-state index contributed by atoms with van der Waals surface area (Å²) in [6.45, 7) is 0.660. The Morgan fingerprint density at radius 1 is 1.12 bits per heavy atom. The lowest BCUT2D eigenvalue weighted by Crippen LogP contribution is -2.02. The van der Waals surface area contributed by atoms with E-state index in [0.717, 1.165) is 22.5 Å². The van der Waals surface area contributed by atoms with Crippen LogP contribution in [0.15, 0.2) is 43.0 Å². The van der Waals surface area contributed by atoms with Crippen LogP contribution in [0.3, 0.4) is 0 Å². The van der Waals surface area contributed by atoms with Gasteiger partial charge in [-0.25, -0.2) is 9.97 Å². The SMILES string of the molecule is c1ccc2nc(NCc3cnc[nH]3)cnc2c1. The van der Waals surface area contributed by atoms with Crippen LogP contribution in [0.2, 0.25) is 0 Å². The average Bonchev–Trinajstić information content (AvgIpc) is 2.89. The zero-order valence-electron chi connectivity index (χ0n) is 9.09. The Kier molecular flexibility index (Phi) is 2.42. The third-order valence-electron chi connectivity index (χ3n) is 2.46. The zero-order chi connectivity index (χ0) is 11.5. The molecule has 0 spiro atoms. The monoisotopic (exact) mass is 225 g/mol. The Hall–Kier alpha value is -2.43. The van der Waals surface area contributed by atoms with Crippen LogP contribution in [0.25, 0.3) is 11.0 Å². The Labute approximate surface area is 98.0 Å². The number of H-pyrrole nitrogens is 1. The van der Waals surface area contributed by atoms with Crippen LogP contribution in [0.4, 0.5) is 5.82 Å². The second kappa shape index (κ2) is 4.21. The number of para-hydroxylation sites is 2. The summed E-state index contributed by atoms with van der Waals surface area (Å²) in [5, 5.41) is 3.19. The van der Waals surface area contributed by atoms with E-state index in [9.17, 15) is 0 Å². The second-order valence-corrected chi connectivity index (χ2v) is 3.67. The van der Waals surface area contributed by atoms with Gasteiger partial charge in [0.05, 0.1) is 35.8 Å². The van der Waals surface area contributed by atoms with Crippen molar-refractivity contribution in [2.45, 2.75) is 6.54 Å². The molecule has 84 valence electrons. The molecule has 0 fully saturated rings. The van der Waals surface area contributed by atoms with Gasteiger partial charge in [0.15, 0.2) is 0 Å². The van der Waals surface area contributed by atoms with Crippen LogP contribution in [-0.2, 0) is 6.54 Å². The number of benzene rings is 1. The van der Waals surface area contributed by atoms with E-state index in [1.54, 1.807) is 18.7 Å². The molecule has 2 heterocycles. The Morgan fingerprint density at radius 3 is 2.82 bits per heavy atom. The van der Waals surface area contributed by atoms with E-state index < -0.39 is 0 Å². The topological polar surface area (TPSA) is 66.5 Å². The highest BCUT2D eigenvalue weighted by atomic mass is 15.0. The van der Waals surface area contributed by atoms with E-state index >= 15 is 0 Å². The normalized spacial score (nSPS) is 10.6. The first-order chi connectivity index (χ1) is 8.42. The van der Waals surface area contributed by atoms with Crippen molar-refractivity contribution in [1.29, 1.82) is 0 Å². The third-order valence-corrected chi connectivity index (χ3v) is 2.46. The molecule has 0 radical (unpaired) electrons. The number of rotatable bonds is 3. The summed E-state index contributed by atoms with van der Waals surface area (Å²) in [6.07, 6.45) is 5.17. The predicted octanol–water partition coefficient (Wildman–Crippen LogP) is 1.96. The van der Waals surface area contributed by atoms with Crippen molar-refractivity contribution in [2.75, 3.05) is 5.32 Å². The van der Waals surface area contributed by atoms with Crippen LogP contribution in [-0.4, -0.2) is 19.9 Å². The molecule has 0 saturated heterocycles. The Morgan fingerprint density at radius 2 is 2.00 bits per heavy atom. The lowest BCUT2D eigenvalue weighted by Gasteiger charge is -2.04. The van der Waals surface area contributed by atoms with Gasteiger partial charge >= 0.3 is 0 Å². The van der Waals surface area contributed by atoms with Crippen molar-refractivity contribution < 1.29 is 0 Å². The largest absolute Gasteiger partial charge is 0.363 e. The first kappa shape index (κ1) is 9.77. The number of aromatic nitrogens is 4. The summed E-state index contributed by atoms with van der Waals surface area (Å²) in [6, 6.07) is 7.80. The third kappa shape index (κ3) is 2.08. The number of aromatic amines is 1. The standard InChI is InChI=1S/C12H11N5/c1-2-4-11-10(3-1)14-7-12(17-11)15-6-9-5-13-8-16-9/h1-5,7-8H,6H2,(H,13,16)(H,15,17). The predicted molar refractivity (Wildman–Crippen MR) is 65.5 cm³/mol. The van der Waals surface area contributed by atoms with Gasteiger partial charge in [-0.15, -0.1) is 0 Å². The summed E-state index contributed by atoms with van der Waals surface area (Å²) >= 11 is 0. The lowest BCUT2D eigenvalue weighted by atomic mass is 10.3. The molecule has 0 unspecified atom stereocenters. The molecule has 1 aromatic carbocycles. The molecular formula is C12H11N5. The highest BCUT2D eigenvalue weighted by molar-refractivity contribution is 5.75. The number of imidazole rings is 1. The van der Waals surface area contributed by atoms with Gasteiger partial charge in [0, 0.05) is 6.20 Å². The molecule has 0 saturated carbocycles. The van der Waals surface area contributed by atoms with Gasteiger partial charge in [-0.05, 0) is 12.1 Å². The quantitative estimate of drug-likeness (QED) is 0.715. The van der Waals surface area contributed by atoms with E-state index in [1.165, 1.54) is 0 Å². The summed E-state index contributed by atoms with van der Waals surface area (Å²) in [5.41, 5.74) is 2.81. The molecule has 0 bridgehead atoms. The average molecular weight is 225 g/mol. The maximum atomic E-state index is 4.47. The number of hydrogen-bond acceptors (Lipinski definition) is 4. The molecule has 3 rings (SSSR count). The molecule has 2 N–H and O–H groups in total. The van der Waals surface area contributed by atoms with E-state index in [0.29, 0.717) is 6.54 Å². The fourth-order valence-electron chi connectivity index (χ4n) is 1.61. The Bertz CT molecular complexity index is 618. The number of hydrogen-bond donors (Lipinski definition) is 2. The van der Waals surface area contributed by atoms with Crippen molar-refractivity contribution in [2.24, 2.45) is 0 Å². The minimum absolute atomic E-state index is 0.660. The van der Waals surface area contributed by atoms with Gasteiger partial charge in [-0.2, -0.15) is 0 Å². The molecule has 17 heavy (non-hydrogen) atoms. The van der Waals surface area contributed by atoms with Gasteiger partial charge in [-0.3, -0.25) is 4.98 Å². The fourth-order valence-corrected chi connectivity index (χ4v) is 1.61. The fraction of sp³-hybridized carbons (Fsp3) is 0.0833. The summed E-state index contributed by atoms with van der Waals surface area (Å²) in [4.78, 5) is 15.8. The summed E-state index contributed by atoms with van der Waals surface area (Å²) < 4.78 is 0. The molecule has 5 heteroatoms. The van der Waals surface area contributed by atoms with Crippen molar-refractivity contribution in [1.82, 2.24) is 19.9 Å². The number of fused-ring (bicyclic) bond motifs is 1. The molecule has 5 nitrogen and oxygen atoms in total. The van der Waals surface area contributed by atoms with Crippen LogP contribution >= 0.6 is 0 Å². The smallest absolute Gasteiger partial charge is 0.145 e. The minimum atomic E-state index is 0.660. The molecule has 2 aromatic heterocycles. The molecule has 0 aliphatic rings. The highest BCUT2D eigenvalue weighted by Crippen LogP contribution is 2.11. The molecule has 0 aliphatic heterocycles. The maximum absolute atomic E-state index is 4.47. The molecule has 0 aliphatic carbocycles. The van der Waals surface area contributed by atoms with Crippen LogP contribution in [0.5, 0.6) is 0 Å². The van der Waals surface area contributed by atoms with Crippen molar-refractivity contribution in [3.05, 3.63) is 48.7 Å². The summed E-state index contributed by atoms with van der Waals surface area (Å²) in [7, 11) is 0. The first-order valence-electron chi connectivity index (χ1n) is 5.35. The Balaban J connectivity index is 1.81. The van der Waals surface area contributed by atoms with Crippen LogP contribution < -0.4 is 5.32 Å². The number of nitrogens with zero attached hydrogens (tertiary/aromatic N) is 3. The van der Waals surface area contributed by atoms with Gasteiger partial charge in [0.1, 0.15) is 5.82 Å². The van der Waals surface area contributed by atoms with Gasteiger partial charge in [-0.1, -0.05) is 12.1 Å². The number of nitrogens with one attached hydrogen (secondary N) is 2. The second-order valence-electron chi connectivity index (χ2n) is 3.67. The lowest BCUT2D eigenvalue weighted by molar-refractivity contribution is 1.05. The van der Waals surface area contributed by atoms with Crippen molar-refractivity contribution in [3.8, 4) is 0 Å². The first-order valence-corrected chi connectivity index (χ1v) is 5.35. The molecule has 0 atom stereocenters. The van der Waals surface area contributed by atoms with E-state index in [1.807, 2.05) is 24.3 Å². The van der Waals surface area contributed by atoms with Crippen molar-refractivity contribution in [3.63, 3.8) is 0 Å². The van der Waals surface area contributed by atoms with Gasteiger partial charge < -0.3 is 10.3 Å². The molecular weight excluding hydrogens is 214 g/mol. The van der Waals surface area contributed by atoms with Gasteiger partial charge in [0.25, 0.3) is 0 Å². The van der Waals surface area contributed by atoms with Crippen molar-refractivity contribution >= 4 is 16.9 Å². The number of anilines is 1. The van der Waals surface area contributed by atoms with Crippen LogP contribution in [0.1, 0.15) is 5.69 Å². The van der Waals surface area contributed by atoms with E-state index in [4.69, 9.17) is 0 Å². The van der Waals surface area contributed by atoms with E-state index in [2.05, 4.69) is 25.3 Å². The maximum Gasteiger partial charge on any atom is 0.145 e. The molecule has 0 amide bonds. The molecule has 3 aromatic rings. The zero-order valence-corrected chi connectivity index (χ0v) is 9.09. The summed E-state index contributed by atoms with van der Waals surface area (Å²) in [5.74, 6) is 0.762. The minimum Gasteiger partial charge on any atom is -0.363 e. The van der Waals surface area contributed by atoms with E-state index in [-0.39, 0.29) is 0 Å².